The number of aromatic nitrogens is 3. The van der Waals surface area contributed by atoms with Crippen LogP contribution in [-0.2, 0) is 17.8 Å². The Bertz CT molecular complexity index is 858. The second-order valence-corrected chi connectivity index (χ2v) is 5.53. The summed E-state index contributed by atoms with van der Waals surface area (Å²) in [5, 5.41) is 7.13. The normalized spacial score (nSPS) is 16.6. The van der Waals surface area contributed by atoms with Crippen molar-refractivity contribution in [2.75, 3.05) is 0 Å². The number of ether oxygens (including phenoxy) is 1. The van der Waals surface area contributed by atoms with Gasteiger partial charge in [0.15, 0.2) is 11.8 Å². The Morgan fingerprint density at radius 1 is 1.35 bits per heavy atom. The number of hydrogen-bond acceptors (Lipinski definition) is 4. The fourth-order valence-electron chi connectivity index (χ4n) is 2.81. The van der Waals surface area contributed by atoms with Crippen molar-refractivity contribution >= 4 is 11.6 Å². The van der Waals surface area contributed by atoms with Crippen molar-refractivity contribution in [3.63, 3.8) is 0 Å². The lowest BCUT2D eigenvalue weighted by molar-refractivity contribution is -0.128. The summed E-state index contributed by atoms with van der Waals surface area (Å²) < 4.78 is 7.49. The van der Waals surface area contributed by atoms with Gasteiger partial charge in [0.25, 0.3) is 5.91 Å². The molecule has 0 bridgehead atoms. The van der Waals surface area contributed by atoms with E-state index in [9.17, 15) is 4.79 Å². The summed E-state index contributed by atoms with van der Waals surface area (Å²) in [5.41, 5.74) is 2.79. The minimum atomic E-state index is -0.445. The van der Waals surface area contributed by atoms with Crippen LogP contribution in [0.3, 0.4) is 0 Å². The third kappa shape index (κ3) is 2.63. The number of aryl methyl sites for hydroxylation is 1. The molecule has 1 N–H and O–H groups in total. The topological polar surface area (TPSA) is 68.5 Å². The highest BCUT2D eigenvalue weighted by Crippen LogP contribution is 2.27. The maximum Gasteiger partial charge on any atom is 0.261 e. The zero-order chi connectivity index (χ0) is 15.6. The van der Waals surface area contributed by atoms with Gasteiger partial charge in [0, 0.05) is 24.5 Å². The summed E-state index contributed by atoms with van der Waals surface area (Å²) in [6.07, 6.45) is 6.36. The summed E-state index contributed by atoms with van der Waals surface area (Å²) in [4.78, 5) is 16.6. The number of fused-ring (bicyclic) bond motifs is 2. The highest BCUT2D eigenvalue weighted by Gasteiger charge is 2.25. The number of nitrogens with zero attached hydrogens (tertiary/aromatic N) is 3. The smallest absolute Gasteiger partial charge is 0.261 e. The molecule has 116 valence electrons. The van der Waals surface area contributed by atoms with Gasteiger partial charge in [-0.05, 0) is 30.5 Å². The maximum atomic E-state index is 12.4. The molecule has 1 aliphatic rings. The summed E-state index contributed by atoms with van der Waals surface area (Å²) >= 11 is 0. The first-order valence-corrected chi connectivity index (χ1v) is 7.61. The molecule has 0 spiro atoms. The molecular weight excluding hydrogens is 292 g/mol. The van der Waals surface area contributed by atoms with Crippen LogP contribution in [0.2, 0.25) is 0 Å². The van der Waals surface area contributed by atoms with Gasteiger partial charge < -0.3 is 10.1 Å². The molecule has 1 amide bonds. The lowest BCUT2D eigenvalue weighted by Crippen LogP contribution is -2.40. The Morgan fingerprint density at radius 3 is 3.22 bits per heavy atom. The highest BCUT2D eigenvalue weighted by atomic mass is 16.5. The minimum Gasteiger partial charge on any atom is -0.480 e. The van der Waals surface area contributed by atoms with E-state index >= 15 is 0 Å². The third-order valence-electron chi connectivity index (χ3n) is 4.02. The molecule has 2 aromatic heterocycles. The first-order chi connectivity index (χ1) is 11.3. The average molecular weight is 308 g/mol. The zero-order valence-corrected chi connectivity index (χ0v) is 12.5. The molecule has 3 aromatic rings. The Morgan fingerprint density at radius 2 is 2.26 bits per heavy atom. The van der Waals surface area contributed by atoms with E-state index in [0.29, 0.717) is 13.0 Å². The van der Waals surface area contributed by atoms with Crippen molar-refractivity contribution < 1.29 is 9.53 Å². The molecule has 0 saturated heterocycles. The van der Waals surface area contributed by atoms with Crippen LogP contribution in [-0.4, -0.2) is 26.6 Å². The number of carbonyl (C=O) groups excluding carboxylic acids is 1. The van der Waals surface area contributed by atoms with Gasteiger partial charge in [0.05, 0.1) is 6.20 Å². The second kappa shape index (κ2) is 5.72. The number of hydrogen-bond donors (Lipinski definition) is 1. The van der Waals surface area contributed by atoms with Crippen LogP contribution in [0.15, 0.2) is 48.9 Å². The fourth-order valence-corrected chi connectivity index (χ4v) is 2.81. The van der Waals surface area contributed by atoms with Crippen LogP contribution in [0, 0.1) is 0 Å². The molecule has 4 rings (SSSR count). The van der Waals surface area contributed by atoms with Gasteiger partial charge in [-0.15, -0.1) is 0 Å². The van der Waals surface area contributed by atoms with E-state index in [4.69, 9.17) is 4.74 Å². The van der Waals surface area contributed by atoms with E-state index in [0.717, 1.165) is 28.9 Å². The lowest BCUT2D eigenvalue weighted by atomic mass is 10.0. The van der Waals surface area contributed by atoms with Crippen molar-refractivity contribution in [1.82, 2.24) is 19.9 Å². The van der Waals surface area contributed by atoms with Gasteiger partial charge in [-0.1, -0.05) is 18.2 Å². The molecular formula is C17H16N4O2. The van der Waals surface area contributed by atoms with Crippen molar-refractivity contribution in [2.24, 2.45) is 0 Å². The minimum absolute atomic E-state index is 0.102. The Hall–Kier alpha value is -2.89. The number of amides is 1. The summed E-state index contributed by atoms with van der Waals surface area (Å²) in [6.45, 7) is 0.390. The van der Waals surface area contributed by atoms with Gasteiger partial charge in [0.2, 0.25) is 0 Å². The van der Waals surface area contributed by atoms with Crippen molar-refractivity contribution in [2.45, 2.75) is 25.5 Å². The molecule has 1 aromatic carbocycles. The zero-order valence-electron chi connectivity index (χ0n) is 12.5. The molecule has 0 unspecified atom stereocenters. The third-order valence-corrected chi connectivity index (χ3v) is 4.02. The first-order valence-electron chi connectivity index (χ1n) is 7.61. The number of nitrogens with one attached hydrogen (secondary N) is 1. The first kappa shape index (κ1) is 13.8. The van der Waals surface area contributed by atoms with Gasteiger partial charge in [-0.25, -0.2) is 9.50 Å². The molecule has 1 aliphatic heterocycles. The number of rotatable bonds is 3. The molecule has 0 radical (unpaired) electrons. The summed E-state index contributed by atoms with van der Waals surface area (Å²) in [6, 6.07) is 9.66. The molecule has 1 atom stereocenters. The van der Waals surface area contributed by atoms with Gasteiger partial charge in [-0.3, -0.25) is 4.79 Å². The predicted molar refractivity (Wildman–Crippen MR) is 84.0 cm³/mol. The molecule has 23 heavy (non-hydrogen) atoms. The highest BCUT2D eigenvalue weighted by molar-refractivity contribution is 5.81. The molecule has 0 aliphatic carbocycles. The number of para-hydroxylation sites is 1. The van der Waals surface area contributed by atoms with Gasteiger partial charge in [-0.2, -0.15) is 5.10 Å². The van der Waals surface area contributed by atoms with Crippen molar-refractivity contribution in [3.8, 4) is 5.75 Å². The molecule has 0 fully saturated rings. The average Bonchev–Trinajstić information content (AvgIpc) is 3.02. The Kier molecular flexibility index (Phi) is 3.42. The number of benzene rings is 1. The SMILES string of the molecule is O=C(NCc1cnn2cccnc12)[C@@H]1CCc2ccccc2O1. The van der Waals surface area contributed by atoms with Crippen LogP contribution in [0.5, 0.6) is 5.75 Å². The van der Waals surface area contributed by atoms with Gasteiger partial charge in [0.1, 0.15) is 5.75 Å². The van der Waals surface area contributed by atoms with Crippen molar-refractivity contribution in [3.05, 3.63) is 60.0 Å². The molecule has 6 nitrogen and oxygen atoms in total. The Balaban J connectivity index is 1.43. The monoisotopic (exact) mass is 308 g/mol. The van der Waals surface area contributed by atoms with E-state index in [-0.39, 0.29) is 5.91 Å². The summed E-state index contributed by atoms with van der Waals surface area (Å²) in [7, 11) is 0. The van der Waals surface area contributed by atoms with Crippen LogP contribution >= 0.6 is 0 Å². The van der Waals surface area contributed by atoms with Crippen LogP contribution in [0.1, 0.15) is 17.5 Å². The van der Waals surface area contributed by atoms with E-state index in [2.05, 4.69) is 15.4 Å². The maximum absolute atomic E-state index is 12.4. The molecule has 3 heterocycles. The largest absolute Gasteiger partial charge is 0.480 e. The molecule has 0 saturated carbocycles. The quantitative estimate of drug-likeness (QED) is 0.800. The lowest BCUT2D eigenvalue weighted by Gasteiger charge is -2.25. The van der Waals surface area contributed by atoms with Crippen LogP contribution in [0.4, 0.5) is 0 Å². The van der Waals surface area contributed by atoms with E-state index in [1.807, 2.05) is 36.5 Å². The van der Waals surface area contributed by atoms with Gasteiger partial charge >= 0.3 is 0 Å². The Labute approximate surface area is 133 Å². The van der Waals surface area contributed by atoms with Crippen LogP contribution in [0.25, 0.3) is 5.65 Å². The van der Waals surface area contributed by atoms with Crippen LogP contribution < -0.4 is 10.1 Å². The molecule has 6 heteroatoms. The number of carbonyl (C=O) groups is 1. The van der Waals surface area contributed by atoms with Crippen molar-refractivity contribution in [1.29, 1.82) is 0 Å². The van der Waals surface area contributed by atoms with E-state index < -0.39 is 6.10 Å². The summed E-state index contributed by atoms with van der Waals surface area (Å²) in [5.74, 6) is 0.700. The second-order valence-electron chi connectivity index (χ2n) is 5.53. The predicted octanol–water partition coefficient (Wildman–Crippen LogP) is 1.74. The standard InChI is InChI=1S/C17H16N4O2/c22-17(15-7-6-12-4-1-2-5-14(12)23-15)19-10-13-11-20-21-9-3-8-18-16(13)21/h1-5,8-9,11,15H,6-7,10H2,(H,19,22)/t15-/m0/s1. The van der Waals surface area contributed by atoms with E-state index in [1.54, 1.807) is 16.9 Å². The fraction of sp³-hybridized carbons (Fsp3) is 0.235. The van der Waals surface area contributed by atoms with E-state index in [1.165, 1.54) is 0 Å².